The fourth-order valence-electron chi connectivity index (χ4n) is 5.54. The van der Waals surface area contributed by atoms with Crippen LogP contribution in [0.2, 0.25) is 0 Å². The van der Waals surface area contributed by atoms with Crippen LogP contribution >= 0.6 is 11.3 Å². The Morgan fingerprint density at radius 2 is 1.98 bits per heavy atom. The fourth-order valence-corrected chi connectivity index (χ4v) is 7.32. The molecule has 0 spiro atoms. The summed E-state index contributed by atoms with van der Waals surface area (Å²) < 4.78 is 37.5. The zero-order chi connectivity index (χ0) is 29.3. The molecule has 3 heterocycles. The zero-order valence-electron chi connectivity index (χ0n) is 23.2. The van der Waals surface area contributed by atoms with Gasteiger partial charge in [0.25, 0.3) is 0 Å². The highest BCUT2D eigenvalue weighted by Gasteiger charge is 2.44. The number of likely N-dealkylation sites (tertiary alicyclic amines) is 1. The number of amides is 1. The summed E-state index contributed by atoms with van der Waals surface area (Å²) in [5, 5.41) is 2.49. The minimum atomic E-state index is -3.14. The van der Waals surface area contributed by atoms with Gasteiger partial charge in [0.05, 0.1) is 13.3 Å². The van der Waals surface area contributed by atoms with Crippen LogP contribution in [0.5, 0.6) is 5.75 Å². The lowest BCUT2D eigenvalue weighted by Crippen LogP contribution is -2.49. The second-order valence-electron chi connectivity index (χ2n) is 10.4. The van der Waals surface area contributed by atoms with Gasteiger partial charge in [0.1, 0.15) is 34.8 Å². The lowest BCUT2D eigenvalue weighted by atomic mass is 10.00. The third-order valence-corrected chi connectivity index (χ3v) is 9.76. The van der Waals surface area contributed by atoms with Crippen LogP contribution in [0, 0.1) is 0 Å². The maximum atomic E-state index is 13.9. The van der Waals surface area contributed by atoms with E-state index in [0.29, 0.717) is 32.6 Å². The van der Waals surface area contributed by atoms with Gasteiger partial charge in [0.2, 0.25) is 16.8 Å². The molecule has 220 valence electrons. The first-order valence-electron chi connectivity index (χ1n) is 13.5. The maximum absolute atomic E-state index is 13.9. The molecule has 2 aliphatic rings. The number of nitrogen functional groups attached to an aromatic ring is 1. The molecule has 1 aromatic carbocycles. The van der Waals surface area contributed by atoms with Crippen LogP contribution < -0.4 is 19.7 Å². The molecule has 14 heteroatoms. The predicted octanol–water partition coefficient (Wildman–Crippen LogP) is 2.38. The van der Waals surface area contributed by atoms with Gasteiger partial charge in [-0.3, -0.25) is 4.79 Å². The van der Waals surface area contributed by atoms with Crippen LogP contribution in [-0.2, 0) is 31.6 Å². The molecule has 0 bridgehead atoms. The molecule has 2 N–H and O–H groups in total. The molecule has 12 nitrogen and oxygen atoms in total. The second-order valence-corrected chi connectivity index (χ2v) is 12.3. The van der Waals surface area contributed by atoms with Crippen LogP contribution in [0.15, 0.2) is 30.6 Å². The first kappa shape index (κ1) is 28.9. The highest BCUT2D eigenvalue weighted by molar-refractivity contribution is 7.74. The lowest BCUT2D eigenvalue weighted by molar-refractivity contribution is -0.158. The molecule has 2 aromatic heterocycles. The number of rotatable bonds is 10. The highest BCUT2D eigenvalue weighted by Crippen LogP contribution is 2.35. The summed E-state index contributed by atoms with van der Waals surface area (Å²) in [6.07, 6.45) is 6.74. The van der Waals surface area contributed by atoms with Crippen molar-refractivity contribution in [2.75, 3.05) is 42.7 Å². The SMILES string of the molecule is COc1cc2c(N)nccc2cc1C[C@H](C(=O)OC1CCCC1)N1CC[C@H](N(c2cnc(N(C)C)s2)[SH](=O)=O)C1=O. The van der Waals surface area contributed by atoms with Gasteiger partial charge in [-0.1, -0.05) is 11.3 Å². The monoisotopic (exact) mass is 602 g/mol. The Labute approximate surface area is 244 Å². The molecule has 41 heavy (non-hydrogen) atoms. The summed E-state index contributed by atoms with van der Waals surface area (Å²) in [4.78, 5) is 39.2. The van der Waals surface area contributed by atoms with Crippen molar-refractivity contribution in [3.05, 3.63) is 36.2 Å². The van der Waals surface area contributed by atoms with Crippen LogP contribution in [0.1, 0.15) is 37.7 Å². The second kappa shape index (κ2) is 12.1. The van der Waals surface area contributed by atoms with Gasteiger partial charge < -0.3 is 25.0 Å². The van der Waals surface area contributed by atoms with Gasteiger partial charge in [-0.25, -0.2) is 27.5 Å². The van der Waals surface area contributed by atoms with Crippen molar-refractivity contribution < 1.29 is 27.5 Å². The average molecular weight is 603 g/mol. The number of nitrogens with zero attached hydrogens (tertiary/aromatic N) is 5. The molecule has 1 aliphatic carbocycles. The van der Waals surface area contributed by atoms with E-state index < -0.39 is 34.9 Å². The van der Waals surface area contributed by atoms with E-state index in [1.165, 1.54) is 29.5 Å². The minimum absolute atomic E-state index is 0.125. The summed E-state index contributed by atoms with van der Waals surface area (Å²) in [5.41, 5.74) is 6.76. The van der Waals surface area contributed by atoms with Crippen LogP contribution in [-0.4, -0.2) is 81.1 Å². The van der Waals surface area contributed by atoms with E-state index in [4.69, 9.17) is 15.2 Å². The van der Waals surface area contributed by atoms with E-state index in [-0.39, 0.29) is 25.5 Å². The molecule has 5 rings (SSSR count). The number of hydrogen-bond acceptors (Lipinski definition) is 11. The molecule has 0 unspecified atom stereocenters. The Morgan fingerprint density at radius 1 is 1.22 bits per heavy atom. The standard InChI is InChI=1S/C27H34N6O6S2/c1-31(2)27-30-15-23(40-27)33(41(36)37)20-9-11-32(25(20)34)21(26(35)39-18-6-4-5-7-18)13-17-12-16-8-10-29-24(28)19(16)14-22(17)38-3/h8,10,12,14-15,18,20-21,41H,4-7,9,11,13H2,1-3H3,(H2,28,29)/t20-,21+/m0/s1. The number of anilines is 3. The van der Waals surface area contributed by atoms with Crippen molar-refractivity contribution >= 4 is 60.8 Å². The average Bonchev–Trinajstić information content (AvgIpc) is 3.70. The summed E-state index contributed by atoms with van der Waals surface area (Å²) in [7, 11) is 1.99. The number of aromatic nitrogens is 2. The van der Waals surface area contributed by atoms with Gasteiger partial charge in [0, 0.05) is 38.6 Å². The van der Waals surface area contributed by atoms with Crippen LogP contribution in [0.3, 0.4) is 0 Å². The first-order valence-corrected chi connectivity index (χ1v) is 15.4. The first-order chi connectivity index (χ1) is 19.7. The van der Waals surface area contributed by atoms with E-state index in [2.05, 4.69) is 9.97 Å². The number of nitrogens with two attached hydrogens (primary N) is 1. The summed E-state index contributed by atoms with van der Waals surface area (Å²) >= 11 is 1.18. The van der Waals surface area contributed by atoms with Gasteiger partial charge in [0.15, 0.2) is 5.13 Å². The molecule has 1 saturated heterocycles. The normalized spacial score (nSPS) is 18.3. The Kier molecular flexibility index (Phi) is 8.50. The smallest absolute Gasteiger partial charge is 0.329 e. The molecule has 0 radical (unpaired) electrons. The highest BCUT2D eigenvalue weighted by atomic mass is 32.2. The summed E-state index contributed by atoms with van der Waals surface area (Å²) in [5.74, 6) is -0.0998. The van der Waals surface area contributed by atoms with E-state index in [1.807, 2.05) is 12.1 Å². The number of methoxy groups -OCH3 is 1. The van der Waals surface area contributed by atoms with Crippen molar-refractivity contribution in [3.8, 4) is 5.75 Å². The largest absolute Gasteiger partial charge is 0.496 e. The van der Waals surface area contributed by atoms with Crippen LogP contribution in [0.25, 0.3) is 10.8 Å². The number of thiol groups is 1. The number of pyridine rings is 1. The number of carbonyl (C=O) groups excluding carboxylic acids is 2. The third-order valence-electron chi connectivity index (χ3n) is 7.62. The lowest BCUT2D eigenvalue weighted by Gasteiger charge is -2.29. The molecule has 2 fully saturated rings. The van der Waals surface area contributed by atoms with E-state index >= 15 is 0 Å². The van der Waals surface area contributed by atoms with Crippen molar-refractivity contribution in [1.29, 1.82) is 0 Å². The molecule has 1 amide bonds. The van der Waals surface area contributed by atoms with Crippen molar-refractivity contribution in [3.63, 3.8) is 0 Å². The number of esters is 1. The zero-order valence-corrected chi connectivity index (χ0v) is 24.9. The molecule has 2 atom stereocenters. The number of ether oxygens (including phenoxy) is 2. The number of hydrogen-bond donors (Lipinski definition) is 2. The Morgan fingerprint density at radius 3 is 2.63 bits per heavy atom. The molecular weight excluding hydrogens is 568 g/mol. The van der Waals surface area contributed by atoms with Crippen molar-refractivity contribution in [2.45, 2.75) is 56.7 Å². The van der Waals surface area contributed by atoms with E-state index in [9.17, 15) is 18.0 Å². The third kappa shape index (κ3) is 5.89. The quantitative estimate of drug-likeness (QED) is 0.262. The van der Waals surface area contributed by atoms with Gasteiger partial charge in [-0.2, -0.15) is 0 Å². The molecule has 1 aliphatic heterocycles. The summed E-state index contributed by atoms with van der Waals surface area (Å²) in [6.45, 7) is 0.194. The number of fused-ring (bicyclic) bond motifs is 1. The van der Waals surface area contributed by atoms with Crippen molar-refractivity contribution in [2.24, 2.45) is 0 Å². The Hall–Kier alpha value is -3.65. The van der Waals surface area contributed by atoms with Crippen molar-refractivity contribution in [1.82, 2.24) is 14.9 Å². The minimum Gasteiger partial charge on any atom is -0.496 e. The predicted molar refractivity (Wildman–Crippen MR) is 158 cm³/mol. The van der Waals surface area contributed by atoms with Crippen LogP contribution in [0.4, 0.5) is 16.0 Å². The van der Waals surface area contributed by atoms with Gasteiger partial charge in [-0.05, 0) is 61.3 Å². The van der Waals surface area contributed by atoms with E-state index in [1.54, 1.807) is 31.3 Å². The number of carbonyl (C=O) groups is 2. The van der Waals surface area contributed by atoms with E-state index in [0.717, 1.165) is 35.4 Å². The molecular formula is C27H34N6O6S2. The Bertz CT molecular complexity index is 1510. The topological polar surface area (TPSA) is 148 Å². The maximum Gasteiger partial charge on any atom is 0.329 e. The van der Waals surface area contributed by atoms with Gasteiger partial charge >= 0.3 is 5.97 Å². The summed E-state index contributed by atoms with van der Waals surface area (Å²) in [6, 6.07) is 3.51. The Balaban J connectivity index is 1.47. The molecule has 3 aromatic rings. The van der Waals surface area contributed by atoms with Gasteiger partial charge in [-0.15, -0.1) is 0 Å². The molecule has 1 saturated carbocycles. The number of thiazole rings is 1. The number of benzene rings is 1. The fraction of sp³-hybridized carbons (Fsp3) is 0.481.